The van der Waals surface area contributed by atoms with Gasteiger partial charge in [0.05, 0.1) is 12.6 Å². The molecule has 1 aromatic carbocycles. The quantitative estimate of drug-likeness (QED) is 0.537. The van der Waals surface area contributed by atoms with Gasteiger partial charge in [-0.05, 0) is 62.0 Å². The number of hydrogen-bond donors (Lipinski definition) is 2. The molecule has 1 aromatic heterocycles. The van der Waals surface area contributed by atoms with E-state index >= 15 is 0 Å². The minimum atomic E-state index is 0.410. The van der Waals surface area contributed by atoms with Crippen LogP contribution in [0.1, 0.15) is 36.2 Å². The van der Waals surface area contributed by atoms with Crippen LogP contribution in [-0.2, 0) is 6.54 Å². The average molecular weight is 387 g/mol. The number of likely N-dealkylation sites (tertiary alicyclic amines) is 1. The summed E-state index contributed by atoms with van der Waals surface area (Å²) in [7, 11) is 1.82. The van der Waals surface area contributed by atoms with Crippen LogP contribution in [-0.4, -0.2) is 44.1 Å². The third-order valence-electron chi connectivity index (χ3n) is 4.81. The molecule has 0 spiro atoms. The van der Waals surface area contributed by atoms with Gasteiger partial charge >= 0.3 is 0 Å². The summed E-state index contributed by atoms with van der Waals surface area (Å²) in [5, 5.41) is 9.10. The van der Waals surface area contributed by atoms with Crippen molar-refractivity contribution in [1.82, 2.24) is 15.5 Å². The Labute approximate surface area is 166 Å². The predicted molar refractivity (Wildman–Crippen MR) is 114 cm³/mol. The maximum atomic E-state index is 5.58. The molecule has 146 valence electrons. The van der Waals surface area contributed by atoms with Crippen molar-refractivity contribution in [2.45, 2.75) is 32.4 Å². The van der Waals surface area contributed by atoms with E-state index in [1.165, 1.54) is 36.4 Å². The number of hydrogen-bond acceptors (Lipinski definition) is 4. The van der Waals surface area contributed by atoms with E-state index in [0.717, 1.165) is 18.3 Å². The second-order valence-electron chi connectivity index (χ2n) is 6.66. The molecular formula is C21H30N4OS. The number of ether oxygens (including phenoxy) is 1. The van der Waals surface area contributed by atoms with Crippen molar-refractivity contribution in [3.05, 3.63) is 52.2 Å². The highest BCUT2D eigenvalue weighted by Crippen LogP contribution is 2.27. The molecule has 0 saturated carbocycles. The molecule has 1 fully saturated rings. The Kier molecular flexibility index (Phi) is 7.54. The lowest BCUT2D eigenvalue weighted by Crippen LogP contribution is -2.42. The Bertz CT molecular complexity index is 711. The van der Waals surface area contributed by atoms with Gasteiger partial charge in [0.2, 0.25) is 0 Å². The van der Waals surface area contributed by atoms with Crippen LogP contribution in [0.5, 0.6) is 5.75 Å². The van der Waals surface area contributed by atoms with Crippen LogP contribution in [0.4, 0.5) is 0 Å². The second-order valence-corrected chi connectivity index (χ2v) is 7.64. The molecule has 2 aromatic rings. The number of nitrogens with zero attached hydrogens (tertiary/aromatic N) is 2. The number of nitrogens with one attached hydrogen (secondary N) is 2. The van der Waals surface area contributed by atoms with Crippen LogP contribution in [0.3, 0.4) is 0 Å². The zero-order chi connectivity index (χ0) is 18.9. The summed E-state index contributed by atoms with van der Waals surface area (Å²) in [6, 6.07) is 13.0. The van der Waals surface area contributed by atoms with Gasteiger partial charge in [0, 0.05) is 25.0 Å². The molecule has 1 unspecified atom stereocenters. The van der Waals surface area contributed by atoms with Gasteiger partial charge in [0.15, 0.2) is 5.96 Å². The summed E-state index contributed by atoms with van der Waals surface area (Å²) in [4.78, 5) is 8.39. The number of thiophene rings is 1. The zero-order valence-corrected chi connectivity index (χ0v) is 17.1. The SMILES string of the molecule is CCOc1cccc(CNC(=NC)NCC(c2cccs2)N2CCCC2)c1. The third-order valence-corrected chi connectivity index (χ3v) is 5.78. The first-order valence-electron chi connectivity index (χ1n) is 9.74. The van der Waals surface area contributed by atoms with Crippen molar-refractivity contribution in [2.24, 2.45) is 4.99 Å². The van der Waals surface area contributed by atoms with E-state index in [-0.39, 0.29) is 0 Å². The topological polar surface area (TPSA) is 48.9 Å². The number of aliphatic imine (C=N–C) groups is 1. The Morgan fingerprint density at radius 1 is 1.22 bits per heavy atom. The number of rotatable bonds is 8. The van der Waals surface area contributed by atoms with Crippen molar-refractivity contribution >= 4 is 17.3 Å². The minimum Gasteiger partial charge on any atom is -0.494 e. The standard InChI is InChI=1S/C21H30N4OS/c1-3-26-18-9-6-8-17(14-18)15-23-21(22-2)24-16-19(20-10-7-13-27-20)25-11-4-5-12-25/h6-10,13-14,19H,3-5,11-12,15-16H2,1-2H3,(H2,22,23,24). The van der Waals surface area contributed by atoms with E-state index in [2.05, 4.69) is 50.2 Å². The predicted octanol–water partition coefficient (Wildman–Crippen LogP) is 3.65. The van der Waals surface area contributed by atoms with Gasteiger partial charge in [0.1, 0.15) is 5.75 Å². The van der Waals surface area contributed by atoms with Gasteiger partial charge in [-0.2, -0.15) is 0 Å². The van der Waals surface area contributed by atoms with Gasteiger partial charge in [-0.25, -0.2) is 0 Å². The van der Waals surface area contributed by atoms with Crippen molar-refractivity contribution in [3.8, 4) is 5.75 Å². The van der Waals surface area contributed by atoms with Crippen molar-refractivity contribution in [2.75, 3.05) is 33.3 Å². The Morgan fingerprint density at radius 2 is 2.07 bits per heavy atom. The molecule has 27 heavy (non-hydrogen) atoms. The van der Waals surface area contributed by atoms with Gasteiger partial charge in [-0.1, -0.05) is 18.2 Å². The fraction of sp³-hybridized carbons (Fsp3) is 0.476. The molecule has 0 amide bonds. The van der Waals surface area contributed by atoms with Gasteiger partial charge < -0.3 is 15.4 Å². The smallest absolute Gasteiger partial charge is 0.191 e. The fourth-order valence-electron chi connectivity index (χ4n) is 3.46. The molecule has 2 N–H and O–H groups in total. The summed E-state index contributed by atoms with van der Waals surface area (Å²) in [5.41, 5.74) is 1.18. The molecule has 1 atom stereocenters. The highest BCUT2D eigenvalue weighted by molar-refractivity contribution is 7.10. The van der Waals surface area contributed by atoms with Crippen LogP contribution in [0, 0.1) is 0 Å². The van der Waals surface area contributed by atoms with E-state index in [1.807, 2.05) is 37.4 Å². The van der Waals surface area contributed by atoms with Crippen LogP contribution in [0.2, 0.25) is 0 Å². The Hall–Kier alpha value is -2.05. The molecule has 3 rings (SSSR count). The van der Waals surface area contributed by atoms with E-state index in [9.17, 15) is 0 Å². The summed E-state index contributed by atoms with van der Waals surface area (Å²) >= 11 is 1.84. The largest absolute Gasteiger partial charge is 0.494 e. The summed E-state index contributed by atoms with van der Waals surface area (Å²) in [5.74, 6) is 1.74. The van der Waals surface area contributed by atoms with E-state index in [4.69, 9.17) is 4.74 Å². The molecule has 0 radical (unpaired) electrons. The van der Waals surface area contributed by atoms with Crippen LogP contribution >= 0.6 is 11.3 Å². The van der Waals surface area contributed by atoms with Crippen LogP contribution in [0.25, 0.3) is 0 Å². The second kappa shape index (κ2) is 10.3. The normalized spacial score (nSPS) is 16.3. The van der Waals surface area contributed by atoms with Gasteiger partial charge in [0.25, 0.3) is 0 Å². The highest BCUT2D eigenvalue weighted by atomic mass is 32.1. The molecule has 5 nitrogen and oxygen atoms in total. The maximum absolute atomic E-state index is 5.58. The number of guanidine groups is 1. The maximum Gasteiger partial charge on any atom is 0.191 e. The molecule has 2 heterocycles. The molecule has 0 aliphatic carbocycles. The fourth-order valence-corrected chi connectivity index (χ4v) is 4.32. The number of benzene rings is 1. The summed E-state index contributed by atoms with van der Waals surface area (Å²) in [6.45, 7) is 6.62. The van der Waals surface area contributed by atoms with Crippen LogP contribution in [0.15, 0.2) is 46.8 Å². The van der Waals surface area contributed by atoms with Gasteiger partial charge in [-0.15, -0.1) is 11.3 Å². The third kappa shape index (κ3) is 5.71. The summed E-state index contributed by atoms with van der Waals surface area (Å²) in [6.07, 6.45) is 2.59. The zero-order valence-electron chi connectivity index (χ0n) is 16.3. The lowest BCUT2D eigenvalue weighted by molar-refractivity contribution is 0.249. The van der Waals surface area contributed by atoms with E-state index in [0.29, 0.717) is 19.2 Å². The van der Waals surface area contributed by atoms with Crippen LogP contribution < -0.4 is 15.4 Å². The van der Waals surface area contributed by atoms with Gasteiger partial charge in [-0.3, -0.25) is 9.89 Å². The monoisotopic (exact) mass is 386 g/mol. The van der Waals surface area contributed by atoms with Crippen molar-refractivity contribution < 1.29 is 4.74 Å². The van der Waals surface area contributed by atoms with E-state index < -0.39 is 0 Å². The Morgan fingerprint density at radius 3 is 2.78 bits per heavy atom. The lowest BCUT2D eigenvalue weighted by Gasteiger charge is -2.27. The van der Waals surface area contributed by atoms with Crippen molar-refractivity contribution in [3.63, 3.8) is 0 Å². The molecular weight excluding hydrogens is 356 g/mol. The summed E-state index contributed by atoms with van der Waals surface area (Å²) < 4.78 is 5.58. The molecule has 0 bridgehead atoms. The molecule has 1 saturated heterocycles. The highest BCUT2D eigenvalue weighted by Gasteiger charge is 2.24. The van der Waals surface area contributed by atoms with Crippen molar-refractivity contribution in [1.29, 1.82) is 0 Å². The molecule has 1 aliphatic rings. The average Bonchev–Trinajstić information content (AvgIpc) is 3.40. The first-order chi connectivity index (χ1) is 13.3. The lowest BCUT2D eigenvalue weighted by atomic mass is 10.2. The first kappa shape index (κ1) is 19.7. The minimum absolute atomic E-state index is 0.410. The molecule has 1 aliphatic heterocycles. The van der Waals surface area contributed by atoms with E-state index in [1.54, 1.807) is 0 Å². The molecule has 6 heteroatoms. The first-order valence-corrected chi connectivity index (χ1v) is 10.6. The Balaban J connectivity index is 1.55.